The fourth-order valence-corrected chi connectivity index (χ4v) is 5.74. The molecule has 0 aliphatic carbocycles. The lowest BCUT2D eigenvalue weighted by molar-refractivity contribution is -0.136. The van der Waals surface area contributed by atoms with Crippen LogP contribution in [0.1, 0.15) is 45.7 Å². The Labute approximate surface area is 250 Å². The van der Waals surface area contributed by atoms with Gasteiger partial charge in [-0.25, -0.2) is 4.98 Å². The number of hydrogen-bond acceptors (Lipinski definition) is 6. The number of aromatic nitrogens is 1. The number of Topliss-reactive ketones (excluding diaryl/α,β-unsaturated/α-hetero) is 1. The molecule has 0 amide bonds. The highest BCUT2D eigenvalue weighted by atomic mass is 16.5. The summed E-state index contributed by atoms with van der Waals surface area (Å²) in [6, 6.07) is 27.7. The molecule has 1 saturated heterocycles. The van der Waals surface area contributed by atoms with E-state index in [1.807, 2.05) is 73.7 Å². The summed E-state index contributed by atoms with van der Waals surface area (Å²) in [5.41, 5.74) is 6.41. The first-order valence-electron chi connectivity index (χ1n) is 14.7. The summed E-state index contributed by atoms with van der Waals surface area (Å²) >= 11 is 0. The maximum Gasteiger partial charge on any atom is 0.307 e. The van der Waals surface area contributed by atoms with Crippen molar-refractivity contribution in [3.05, 3.63) is 119 Å². The lowest BCUT2D eigenvalue weighted by atomic mass is 10.0. The number of carboxylic acids is 1. The van der Waals surface area contributed by atoms with Crippen molar-refractivity contribution in [2.24, 2.45) is 0 Å². The lowest BCUT2D eigenvalue weighted by Crippen LogP contribution is -2.37. The van der Waals surface area contributed by atoms with Crippen LogP contribution in [0.5, 0.6) is 0 Å². The van der Waals surface area contributed by atoms with Gasteiger partial charge in [-0.15, -0.1) is 0 Å². The molecule has 1 aliphatic rings. The number of anilines is 1. The summed E-state index contributed by atoms with van der Waals surface area (Å²) in [4.78, 5) is 31.1. The Balaban J connectivity index is 1.03. The second kappa shape index (κ2) is 12.6. The van der Waals surface area contributed by atoms with Crippen LogP contribution in [0.2, 0.25) is 0 Å². The predicted octanol–water partition coefficient (Wildman–Crippen LogP) is 7.04. The molecule has 0 unspecified atom stereocenters. The fraction of sp³-hybridized carbons (Fsp3) is 0.250. The Hall–Kier alpha value is -4.75. The van der Waals surface area contributed by atoms with E-state index < -0.39 is 5.97 Å². The van der Waals surface area contributed by atoms with Gasteiger partial charge in [0.25, 0.3) is 0 Å². The Bertz CT molecular complexity index is 1740. The number of aliphatic carboxylic acids is 1. The van der Waals surface area contributed by atoms with Crippen molar-refractivity contribution in [1.82, 2.24) is 4.98 Å². The normalized spacial score (nSPS) is 13.8. The number of nitrogens with zero attached hydrogens (tertiary/aromatic N) is 2. The minimum Gasteiger partial charge on any atom is -0.481 e. The molecule has 43 heavy (non-hydrogen) atoms. The molecule has 5 aromatic rings. The minimum absolute atomic E-state index is 0.0156. The fourth-order valence-electron chi connectivity index (χ4n) is 5.74. The van der Waals surface area contributed by atoms with Gasteiger partial charge in [0.2, 0.25) is 5.78 Å². The van der Waals surface area contributed by atoms with Crippen LogP contribution in [0.4, 0.5) is 5.82 Å². The third kappa shape index (κ3) is 6.68. The second-order valence-electron chi connectivity index (χ2n) is 11.1. The van der Waals surface area contributed by atoms with Gasteiger partial charge in [-0.05, 0) is 65.8 Å². The molecule has 1 aliphatic heterocycles. The van der Waals surface area contributed by atoms with E-state index in [1.54, 1.807) is 6.20 Å². The number of benzene rings is 3. The number of aryl methyl sites for hydroxylation is 1. The molecule has 218 valence electrons. The average Bonchev–Trinajstić information content (AvgIpc) is 3.36. The molecule has 1 fully saturated rings. The van der Waals surface area contributed by atoms with Crippen LogP contribution in [-0.2, 0) is 29.0 Å². The van der Waals surface area contributed by atoms with E-state index in [-0.39, 0.29) is 24.7 Å². The van der Waals surface area contributed by atoms with Gasteiger partial charge < -0.3 is 19.2 Å². The summed E-state index contributed by atoms with van der Waals surface area (Å²) < 4.78 is 12.1. The highest BCUT2D eigenvalue weighted by Crippen LogP contribution is 2.31. The first-order valence-corrected chi connectivity index (χ1v) is 14.7. The number of piperidine rings is 1. The van der Waals surface area contributed by atoms with Crippen LogP contribution < -0.4 is 4.90 Å². The molecule has 0 spiro atoms. The zero-order valence-corrected chi connectivity index (χ0v) is 24.2. The quantitative estimate of drug-likeness (QED) is 0.179. The molecule has 7 heteroatoms. The topological polar surface area (TPSA) is 92.9 Å². The minimum atomic E-state index is -0.835. The van der Waals surface area contributed by atoms with Crippen molar-refractivity contribution < 1.29 is 23.8 Å². The van der Waals surface area contributed by atoms with Gasteiger partial charge in [0, 0.05) is 36.7 Å². The Morgan fingerprint density at radius 2 is 1.67 bits per heavy atom. The Morgan fingerprint density at radius 1 is 0.884 bits per heavy atom. The van der Waals surface area contributed by atoms with E-state index in [0.717, 1.165) is 70.5 Å². The zero-order valence-electron chi connectivity index (χ0n) is 24.2. The number of hydrogen-bond donors (Lipinski definition) is 1. The molecular weight excluding hydrogens is 540 g/mol. The highest BCUT2D eigenvalue weighted by Gasteiger charge is 2.22. The third-order valence-electron chi connectivity index (χ3n) is 8.07. The average molecular weight is 575 g/mol. The van der Waals surface area contributed by atoms with Gasteiger partial charge in [-0.3, -0.25) is 9.59 Å². The van der Waals surface area contributed by atoms with E-state index >= 15 is 0 Å². The van der Waals surface area contributed by atoms with Crippen molar-refractivity contribution in [3.8, 4) is 11.1 Å². The van der Waals surface area contributed by atoms with Crippen LogP contribution in [0.25, 0.3) is 22.1 Å². The molecule has 3 heterocycles. The van der Waals surface area contributed by atoms with Crippen molar-refractivity contribution in [2.75, 3.05) is 18.0 Å². The number of furan rings is 1. The summed E-state index contributed by atoms with van der Waals surface area (Å²) in [6.07, 6.45) is 3.94. The summed E-state index contributed by atoms with van der Waals surface area (Å²) in [5, 5.41) is 9.98. The van der Waals surface area contributed by atoms with Gasteiger partial charge in [0.1, 0.15) is 11.4 Å². The van der Waals surface area contributed by atoms with Crippen molar-refractivity contribution in [1.29, 1.82) is 0 Å². The largest absolute Gasteiger partial charge is 0.481 e. The molecule has 1 N–H and O–H groups in total. The van der Waals surface area contributed by atoms with Crippen LogP contribution in [0.15, 0.2) is 95.5 Å². The molecule has 0 radical (unpaired) electrons. The molecule has 0 bridgehead atoms. The predicted molar refractivity (Wildman–Crippen MR) is 166 cm³/mol. The number of rotatable bonds is 10. The number of carboxylic acid groups (broad SMARTS) is 1. The van der Waals surface area contributed by atoms with E-state index in [0.29, 0.717) is 18.0 Å². The lowest BCUT2D eigenvalue weighted by Gasteiger charge is -2.32. The first kappa shape index (κ1) is 28.4. The van der Waals surface area contributed by atoms with Gasteiger partial charge in [-0.1, -0.05) is 66.7 Å². The van der Waals surface area contributed by atoms with Gasteiger partial charge in [-0.2, -0.15) is 0 Å². The smallest absolute Gasteiger partial charge is 0.307 e. The van der Waals surface area contributed by atoms with E-state index in [9.17, 15) is 9.59 Å². The van der Waals surface area contributed by atoms with Gasteiger partial charge >= 0.3 is 5.97 Å². The first-order chi connectivity index (χ1) is 20.9. The van der Waals surface area contributed by atoms with E-state index in [1.165, 1.54) is 0 Å². The van der Waals surface area contributed by atoms with Crippen LogP contribution in [0, 0.1) is 6.92 Å². The number of fused-ring (bicyclic) bond motifs is 1. The SMILES string of the molecule is Cc1c(C(=O)Cc2ccc(N3CCC(OCc4cccc(CC(=O)O)c4)CC3)nc2)oc2ccc(-c3ccccc3)cc12. The second-order valence-corrected chi connectivity index (χ2v) is 11.1. The van der Waals surface area contributed by atoms with Crippen molar-refractivity contribution >= 4 is 28.5 Å². The molecule has 0 atom stereocenters. The number of pyridine rings is 1. The van der Waals surface area contributed by atoms with E-state index in [4.69, 9.17) is 14.3 Å². The summed E-state index contributed by atoms with van der Waals surface area (Å²) in [7, 11) is 0. The van der Waals surface area contributed by atoms with Gasteiger partial charge in [0.15, 0.2) is 5.76 Å². The maximum atomic E-state index is 13.2. The Kier molecular flexibility index (Phi) is 8.34. The van der Waals surface area contributed by atoms with Crippen molar-refractivity contribution in [2.45, 2.75) is 45.3 Å². The Morgan fingerprint density at radius 3 is 2.42 bits per heavy atom. The molecule has 0 saturated carbocycles. The molecule has 6 rings (SSSR count). The number of carbonyl (C=O) groups excluding carboxylic acids is 1. The van der Waals surface area contributed by atoms with Crippen molar-refractivity contribution in [3.63, 3.8) is 0 Å². The molecule has 3 aromatic carbocycles. The van der Waals surface area contributed by atoms with Crippen LogP contribution in [0.3, 0.4) is 0 Å². The molecule has 7 nitrogen and oxygen atoms in total. The summed E-state index contributed by atoms with van der Waals surface area (Å²) in [5.74, 6) is 0.401. The number of ketones is 1. The van der Waals surface area contributed by atoms with E-state index in [2.05, 4.69) is 28.1 Å². The number of ether oxygens (including phenoxy) is 1. The number of carbonyl (C=O) groups is 2. The molecule has 2 aromatic heterocycles. The zero-order chi connectivity index (χ0) is 29.8. The monoisotopic (exact) mass is 574 g/mol. The van der Waals surface area contributed by atoms with Crippen LogP contribution >= 0.6 is 0 Å². The van der Waals surface area contributed by atoms with Crippen LogP contribution in [-0.4, -0.2) is 41.0 Å². The maximum absolute atomic E-state index is 13.2. The third-order valence-corrected chi connectivity index (χ3v) is 8.07. The standard InChI is InChI=1S/C36H34N2O5/c1-24-31-21-29(28-8-3-2-4-9-28)11-12-33(31)43-36(24)32(39)19-26-10-13-34(37-22-26)38-16-14-30(15-17-38)42-23-27-7-5-6-25(18-27)20-35(40)41/h2-13,18,21-22,30H,14-17,19-20,23H2,1H3,(H,40,41). The molecular formula is C36H34N2O5. The summed E-state index contributed by atoms with van der Waals surface area (Å²) in [6.45, 7) is 4.08. The highest BCUT2D eigenvalue weighted by molar-refractivity contribution is 6.02. The van der Waals surface area contributed by atoms with Gasteiger partial charge in [0.05, 0.1) is 19.1 Å².